The predicted molar refractivity (Wildman–Crippen MR) is 122 cm³/mol. The summed E-state index contributed by atoms with van der Waals surface area (Å²) in [7, 11) is -3.39. The molecule has 6 nitrogen and oxygen atoms in total. The van der Waals surface area contributed by atoms with Gasteiger partial charge in [0.25, 0.3) is 0 Å². The Bertz CT molecular complexity index is 993. The van der Waals surface area contributed by atoms with Crippen molar-refractivity contribution in [3.63, 3.8) is 0 Å². The smallest absolute Gasteiger partial charge is 0.243 e. The van der Waals surface area contributed by atoms with Crippen LogP contribution in [0, 0.1) is 0 Å². The van der Waals surface area contributed by atoms with E-state index >= 15 is 0 Å². The molecule has 0 atom stereocenters. The summed E-state index contributed by atoms with van der Waals surface area (Å²) in [5, 5.41) is 3.06. The van der Waals surface area contributed by atoms with Crippen LogP contribution in [0.5, 0.6) is 0 Å². The zero-order valence-corrected chi connectivity index (χ0v) is 18.7. The molecule has 2 aromatic rings. The number of nitrogens with zero attached hydrogens (tertiary/aromatic N) is 2. The van der Waals surface area contributed by atoms with E-state index in [4.69, 9.17) is 0 Å². The number of sulfonamides is 1. The Morgan fingerprint density at radius 2 is 1.52 bits per heavy atom. The van der Waals surface area contributed by atoms with Crippen LogP contribution in [0.3, 0.4) is 0 Å². The molecule has 31 heavy (non-hydrogen) atoms. The second kappa shape index (κ2) is 9.94. The normalized spacial score (nSPS) is 17.8. The number of aryl methyl sites for hydroxylation is 1. The average Bonchev–Trinajstić information content (AvgIpc) is 3.49. The minimum atomic E-state index is -3.39. The number of hydrogen-bond acceptors (Lipinski definition) is 4. The molecule has 0 saturated carbocycles. The number of nitrogens with one attached hydrogen (secondary N) is 1. The van der Waals surface area contributed by atoms with Crippen LogP contribution in [0.1, 0.15) is 43.2 Å². The zero-order chi connectivity index (χ0) is 21.7. The summed E-state index contributed by atoms with van der Waals surface area (Å²) >= 11 is 0. The van der Waals surface area contributed by atoms with Crippen molar-refractivity contribution in [3.8, 4) is 0 Å². The minimum Gasteiger partial charge on any atom is -0.326 e. The molecule has 0 aromatic heterocycles. The van der Waals surface area contributed by atoms with Gasteiger partial charge in [0.15, 0.2) is 0 Å². The molecule has 2 aliphatic rings. The molecule has 166 valence electrons. The van der Waals surface area contributed by atoms with E-state index in [0.717, 1.165) is 49.3 Å². The van der Waals surface area contributed by atoms with Gasteiger partial charge in [0, 0.05) is 31.7 Å². The first-order valence-electron chi connectivity index (χ1n) is 11.2. The van der Waals surface area contributed by atoms with Gasteiger partial charge in [-0.2, -0.15) is 4.31 Å². The first-order valence-corrected chi connectivity index (χ1v) is 12.7. The van der Waals surface area contributed by atoms with E-state index in [9.17, 15) is 13.2 Å². The summed E-state index contributed by atoms with van der Waals surface area (Å²) in [6, 6.07) is 14.9. The summed E-state index contributed by atoms with van der Waals surface area (Å²) < 4.78 is 26.8. The van der Waals surface area contributed by atoms with Crippen LogP contribution in [0.15, 0.2) is 53.4 Å². The Kier molecular flexibility index (Phi) is 7.05. The lowest BCUT2D eigenvalue weighted by Gasteiger charge is -2.18. The highest BCUT2D eigenvalue weighted by atomic mass is 32.2. The molecule has 2 aromatic carbocycles. The second-order valence-electron chi connectivity index (χ2n) is 8.44. The van der Waals surface area contributed by atoms with Crippen molar-refractivity contribution in [1.82, 2.24) is 9.21 Å². The number of rotatable bonds is 8. The van der Waals surface area contributed by atoms with E-state index in [2.05, 4.69) is 16.3 Å². The molecule has 2 fully saturated rings. The highest BCUT2D eigenvalue weighted by molar-refractivity contribution is 7.89. The van der Waals surface area contributed by atoms with Crippen molar-refractivity contribution in [2.45, 2.75) is 50.0 Å². The first kappa shape index (κ1) is 22.0. The maximum Gasteiger partial charge on any atom is 0.243 e. The van der Waals surface area contributed by atoms with Crippen molar-refractivity contribution in [2.75, 3.05) is 31.5 Å². The summed E-state index contributed by atoms with van der Waals surface area (Å²) in [6.45, 7) is 4.30. The van der Waals surface area contributed by atoms with Gasteiger partial charge in [0.2, 0.25) is 15.9 Å². The molecule has 1 N–H and O–H groups in total. The van der Waals surface area contributed by atoms with Crippen molar-refractivity contribution in [1.29, 1.82) is 0 Å². The molecule has 4 rings (SSSR count). The summed E-state index contributed by atoms with van der Waals surface area (Å²) in [5.74, 6) is -0.0253. The van der Waals surface area contributed by atoms with E-state index in [1.54, 1.807) is 16.4 Å². The van der Waals surface area contributed by atoms with E-state index in [1.165, 1.54) is 12.8 Å². The highest BCUT2D eigenvalue weighted by Gasteiger charge is 2.26. The minimum absolute atomic E-state index is 0.0253. The van der Waals surface area contributed by atoms with Gasteiger partial charge < -0.3 is 5.32 Å². The Labute approximate surface area is 185 Å². The fourth-order valence-corrected chi connectivity index (χ4v) is 5.86. The van der Waals surface area contributed by atoms with Crippen LogP contribution >= 0.6 is 0 Å². The number of carbonyl (C=O) groups excluding carboxylic acids is 1. The highest BCUT2D eigenvalue weighted by Crippen LogP contribution is 2.22. The fourth-order valence-electron chi connectivity index (χ4n) is 4.34. The molecular formula is C24H31N3O3S. The maximum absolute atomic E-state index is 12.6. The van der Waals surface area contributed by atoms with Gasteiger partial charge in [0.05, 0.1) is 4.90 Å². The molecule has 0 bridgehead atoms. The van der Waals surface area contributed by atoms with Crippen LogP contribution in [0.4, 0.5) is 5.69 Å². The van der Waals surface area contributed by atoms with Crippen LogP contribution < -0.4 is 5.32 Å². The van der Waals surface area contributed by atoms with Crippen molar-refractivity contribution in [2.24, 2.45) is 0 Å². The molecule has 2 saturated heterocycles. The van der Waals surface area contributed by atoms with E-state index in [1.807, 2.05) is 30.3 Å². The van der Waals surface area contributed by atoms with Gasteiger partial charge in [-0.05, 0) is 74.5 Å². The predicted octanol–water partition coefficient (Wildman–Crippen LogP) is 3.64. The molecule has 2 heterocycles. The Morgan fingerprint density at radius 3 is 2.23 bits per heavy atom. The Morgan fingerprint density at radius 1 is 0.871 bits per heavy atom. The number of likely N-dealkylation sites (tertiary alicyclic amines) is 1. The summed E-state index contributed by atoms with van der Waals surface area (Å²) in [5.41, 5.74) is 2.99. The lowest BCUT2D eigenvalue weighted by molar-refractivity contribution is -0.116. The second-order valence-corrected chi connectivity index (χ2v) is 10.4. The van der Waals surface area contributed by atoms with Crippen molar-refractivity contribution in [3.05, 3.63) is 59.7 Å². The lowest BCUT2D eigenvalue weighted by Crippen LogP contribution is -2.27. The number of carbonyl (C=O) groups is 1. The molecule has 2 aliphatic heterocycles. The molecule has 0 spiro atoms. The molecule has 0 unspecified atom stereocenters. The van der Waals surface area contributed by atoms with Crippen molar-refractivity contribution < 1.29 is 13.2 Å². The van der Waals surface area contributed by atoms with Crippen LogP contribution in [0.25, 0.3) is 0 Å². The molecule has 0 radical (unpaired) electrons. The SMILES string of the molecule is O=C(CCc1ccc(S(=O)(=O)N2CCCC2)cc1)Nc1ccccc1CN1CCCC1. The third kappa shape index (κ3) is 5.53. The quantitative estimate of drug-likeness (QED) is 0.679. The first-order chi connectivity index (χ1) is 15.0. The topological polar surface area (TPSA) is 69.7 Å². The fraction of sp³-hybridized carbons (Fsp3) is 0.458. The number of hydrogen-bond donors (Lipinski definition) is 1. The van der Waals surface area contributed by atoms with Crippen molar-refractivity contribution >= 4 is 21.6 Å². The van der Waals surface area contributed by atoms with Crippen LogP contribution in [-0.4, -0.2) is 49.7 Å². The van der Waals surface area contributed by atoms with Gasteiger partial charge in [-0.3, -0.25) is 9.69 Å². The Hall–Kier alpha value is -2.22. The van der Waals surface area contributed by atoms with E-state index in [-0.39, 0.29) is 5.91 Å². The zero-order valence-electron chi connectivity index (χ0n) is 17.9. The van der Waals surface area contributed by atoms with Gasteiger partial charge >= 0.3 is 0 Å². The lowest BCUT2D eigenvalue weighted by atomic mass is 10.1. The van der Waals surface area contributed by atoms with E-state index in [0.29, 0.717) is 30.8 Å². The molecule has 1 amide bonds. The van der Waals surface area contributed by atoms with E-state index < -0.39 is 10.0 Å². The Balaban J connectivity index is 1.32. The molecule has 7 heteroatoms. The standard InChI is InChI=1S/C24H31N3O3S/c28-24(25-23-8-2-1-7-21(23)19-26-15-3-4-16-26)14-11-20-9-12-22(13-10-20)31(29,30)27-17-5-6-18-27/h1-2,7-10,12-13H,3-6,11,14-19H2,(H,25,28). The summed E-state index contributed by atoms with van der Waals surface area (Å²) in [4.78, 5) is 15.3. The largest absolute Gasteiger partial charge is 0.326 e. The number of anilines is 1. The van der Waals surface area contributed by atoms with Crippen LogP contribution in [0.2, 0.25) is 0 Å². The van der Waals surface area contributed by atoms with Gasteiger partial charge in [-0.25, -0.2) is 8.42 Å². The van der Waals surface area contributed by atoms with Crippen LogP contribution in [-0.2, 0) is 27.8 Å². The van der Waals surface area contributed by atoms with Gasteiger partial charge in [0.1, 0.15) is 0 Å². The summed E-state index contributed by atoms with van der Waals surface area (Å²) in [6.07, 6.45) is 5.26. The third-order valence-corrected chi connectivity index (χ3v) is 8.06. The van der Waals surface area contributed by atoms with Gasteiger partial charge in [-0.1, -0.05) is 30.3 Å². The number of benzene rings is 2. The van der Waals surface area contributed by atoms with Gasteiger partial charge in [-0.15, -0.1) is 0 Å². The molecular weight excluding hydrogens is 410 g/mol. The number of para-hydroxylation sites is 1. The number of amides is 1. The molecule has 0 aliphatic carbocycles. The third-order valence-electron chi connectivity index (χ3n) is 6.15. The monoisotopic (exact) mass is 441 g/mol. The maximum atomic E-state index is 12.6. The average molecular weight is 442 g/mol.